The first-order valence-corrected chi connectivity index (χ1v) is 8.26. The molecule has 0 saturated carbocycles. The molecule has 0 fully saturated rings. The number of nitrogens with two attached hydrogens (primary N) is 1. The van der Waals surface area contributed by atoms with Crippen LogP contribution in [-0.4, -0.2) is 27.5 Å². The lowest BCUT2D eigenvalue weighted by Crippen LogP contribution is -2.45. The van der Waals surface area contributed by atoms with Crippen molar-refractivity contribution in [2.45, 2.75) is 25.8 Å². The summed E-state index contributed by atoms with van der Waals surface area (Å²) in [5, 5.41) is 0. The molecule has 132 valence electrons. The Bertz CT molecular complexity index is 958. The van der Waals surface area contributed by atoms with E-state index in [1.54, 1.807) is 0 Å². The molecule has 1 aromatic heterocycles. The van der Waals surface area contributed by atoms with Gasteiger partial charge in [0.25, 0.3) is 5.56 Å². The number of nitrogen functional groups attached to an aromatic ring is 1. The van der Waals surface area contributed by atoms with Gasteiger partial charge < -0.3 is 10.6 Å². The highest BCUT2D eigenvalue weighted by atomic mass is 16.2. The molecule has 0 bridgehead atoms. The molecule has 1 aromatic carbocycles. The van der Waals surface area contributed by atoms with Crippen molar-refractivity contribution in [3.8, 4) is 0 Å². The van der Waals surface area contributed by atoms with E-state index in [4.69, 9.17) is 5.73 Å². The van der Waals surface area contributed by atoms with E-state index in [1.165, 1.54) is 19.7 Å². The first kappa shape index (κ1) is 17.0. The van der Waals surface area contributed by atoms with Gasteiger partial charge in [-0.15, -0.1) is 0 Å². The fourth-order valence-electron chi connectivity index (χ4n) is 3.36. The first-order valence-electron chi connectivity index (χ1n) is 8.26. The Morgan fingerprint density at radius 1 is 1.20 bits per heavy atom. The maximum Gasteiger partial charge on any atom is 0.332 e. The lowest BCUT2D eigenvalue weighted by Gasteiger charge is -2.36. The van der Waals surface area contributed by atoms with Gasteiger partial charge in [0.2, 0.25) is 0 Å². The summed E-state index contributed by atoms with van der Waals surface area (Å²) in [6.07, 6.45) is 1.90. The van der Waals surface area contributed by atoms with Gasteiger partial charge in [-0.2, -0.15) is 0 Å². The van der Waals surface area contributed by atoms with E-state index in [0.29, 0.717) is 0 Å². The SMILES string of the molecule is C[C@@H]1CCc2ccccc2N1CC(=O)c1c(N)n(C)c(=O)n(C)c1=O. The van der Waals surface area contributed by atoms with Gasteiger partial charge in [-0.25, -0.2) is 4.79 Å². The van der Waals surface area contributed by atoms with Gasteiger partial charge in [0, 0.05) is 25.8 Å². The van der Waals surface area contributed by atoms with Crippen LogP contribution in [0, 0.1) is 0 Å². The molecule has 2 aromatic rings. The molecule has 1 aliphatic heterocycles. The van der Waals surface area contributed by atoms with Crippen molar-refractivity contribution in [1.82, 2.24) is 9.13 Å². The molecule has 1 aliphatic rings. The van der Waals surface area contributed by atoms with Gasteiger partial charge in [0.05, 0.1) is 6.54 Å². The van der Waals surface area contributed by atoms with Crippen LogP contribution in [0.2, 0.25) is 0 Å². The fraction of sp³-hybridized carbons (Fsp3) is 0.389. The van der Waals surface area contributed by atoms with Gasteiger partial charge in [0.15, 0.2) is 5.78 Å². The van der Waals surface area contributed by atoms with Crippen molar-refractivity contribution in [1.29, 1.82) is 0 Å². The molecular weight excluding hydrogens is 320 g/mol. The van der Waals surface area contributed by atoms with Crippen LogP contribution in [0.25, 0.3) is 0 Å². The molecule has 0 unspecified atom stereocenters. The minimum atomic E-state index is -0.649. The molecule has 2 heterocycles. The number of aromatic nitrogens is 2. The zero-order chi connectivity index (χ0) is 18.3. The second kappa shape index (κ2) is 6.23. The van der Waals surface area contributed by atoms with E-state index in [2.05, 4.69) is 13.0 Å². The average Bonchev–Trinajstić information content (AvgIpc) is 2.61. The number of carbonyl (C=O) groups is 1. The van der Waals surface area contributed by atoms with Gasteiger partial charge in [-0.1, -0.05) is 18.2 Å². The molecule has 0 amide bonds. The third-order valence-corrected chi connectivity index (χ3v) is 4.97. The number of hydrogen-bond acceptors (Lipinski definition) is 5. The summed E-state index contributed by atoms with van der Waals surface area (Å²) in [7, 11) is 2.80. The summed E-state index contributed by atoms with van der Waals surface area (Å²) in [6.45, 7) is 2.11. The lowest BCUT2D eigenvalue weighted by molar-refractivity contribution is 0.0994. The van der Waals surface area contributed by atoms with Gasteiger partial charge >= 0.3 is 5.69 Å². The molecule has 7 heteroatoms. The monoisotopic (exact) mass is 342 g/mol. The van der Waals surface area contributed by atoms with Crippen molar-refractivity contribution in [2.75, 3.05) is 17.2 Å². The van der Waals surface area contributed by atoms with Crippen molar-refractivity contribution in [3.05, 3.63) is 56.2 Å². The van der Waals surface area contributed by atoms with Crippen LogP contribution in [0.4, 0.5) is 11.5 Å². The number of hydrogen-bond donors (Lipinski definition) is 1. The number of ketones is 1. The molecule has 2 N–H and O–H groups in total. The van der Waals surface area contributed by atoms with Crippen LogP contribution in [0.1, 0.15) is 29.3 Å². The first-order chi connectivity index (χ1) is 11.8. The summed E-state index contributed by atoms with van der Waals surface area (Å²) >= 11 is 0. The van der Waals surface area contributed by atoms with Crippen molar-refractivity contribution in [3.63, 3.8) is 0 Å². The van der Waals surface area contributed by atoms with Crippen LogP contribution in [0.5, 0.6) is 0 Å². The van der Waals surface area contributed by atoms with E-state index in [0.717, 1.165) is 27.7 Å². The Balaban J connectivity index is 2.02. The Morgan fingerprint density at radius 2 is 1.88 bits per heavy atom. The van der Waals surface area contributed by atoms with E-state index in [1.807, 2.05) is 23.1 Å². The van der Waals surface area contributed by atoms with Crippen LogP contribution in [0.3, 0.4) is 0 Å². The third kappa shape index (κ3) is 2.75. The number of carbonyl (C=O) groups excluding carboxylic acids is 1. The molecule has 1 atom stereocenters. The van der Waals surface area contributed by atoms with Gasteiger partial charge in [-0.3, -0.25) is 18.7 Å². The molecule has 25 heavy (non-hydrogen) atoms. The maximum absolute atomic E-state index is 12.9. The number of nitrogens with zero attached hydrogens (tertiary/aromatic N) is 3. The fourth-order valence-corrected chi connectivity index (χ4v) is 3.36. The van der Waals surface area contributed by atoms with E-state index in [-0.39, 0.29) is 29.8 Å². The Morgan fingerprint density at radius 3 is 2.60 bits per heavy atom. The summed E-state index contributed by atoms with van der Waals surface area (Å²) in [5.41, 5.74) is 6.78. The normalized spacial score (nSPS) is 16.6. The maximum atomic E-state index is 12.9. The summed E-state index contributed by atoms with van der Waals surface area (Å²) < 4.78 is 2.04. The van der Waals surface area contributed by atoms with E-state index < -0.39 is 11.2 Å². The number of anilines is 2. The second-order valence-electron chi connectivity index (χ2n) is 6.53. The molecule has 0 aliphatic carbocycles. The van der Waals surface area contributed by atoms with Gasteiger partial charge in [0.1, 0.15) is 11.4 Å². The minimum absolute atomic E-state index is 0.0514. The number of benzene rings is 1. The van der Waals surface area contributed by atoms with Crippen molar-refractivity contribution in [2.24, 2.45) is 14.1 Å². The smallest absolute Gasteiger partial charge is 0.332 e. The van der Waals surface area contributed by atoms with Crippen LogP contribution < -0.4 is 21.9 Å². The summed E-state index contributed by atoms with van der Waals surface area (Å²) in [5.74, 6) is -0.465. The summed E-state index contributed by atoms with van der Waals surface area (Å²) in [4.78, 5) is 39.2. The van der Waals surface area contributed by atoms with Crippen LogP contribution in [-0.2, 0) is 20.5 Å². The zero-order valence-electron chi connectivity index (χ0n) is 14.7. The second-order valence-corrected chi connectivity index (χ2v) is 6.53. The number of para-hydroxylation sites is 1. The van der Waals surface area contributed by atoms with Crippen LogP contribution in [0.15, 0.2) is 33.9 Å². The topological polar surface area (TPSA) is 90.3 Å². The minimum Gasteiger partial charge on any atom is -0.384 e. The van der Waals surface area contributed by atoms with Crippen LogP contribution >= 0.6 is 0 Å². The van der Waals surface area contributed by atoms with Crippen molar-refractivity contribution >= 4 is 17.3 Å². The number of fused-ring (bicyclic) bond motifs is 1. The number of Topliss-reactive ketones (excluding diaryl/α,β-unsaturated/α-hetero) is 1. The highest BCUT2D eigenvalue weighted by Crippen LogP contribution is 2.30. The predicted molar refractivity (Wildman–Crippen MR) is 97.2 cm³/mol. The third-order valence-electron chi connectivity index (χ3n) is 4.97. The average molecular weight is 342 g/mol. The van der Waals surface area contributed by atoms with Gasteiger partial charge in [-0.05, 0) is 31.4 Å². The molecular formula is C18H22N4O3. The lowest BCUT2D eigenvalue weighted by atomic mass is 9.96. The summed E-state index contributed by atoms with van der Waals surface area (Å²) in [6, 6.07) is 8.14. The highest BCUT2D eigenvalue weighted by molar-refractivity contribution is 6.02. The molecule has 0 spiro atoms. The standard InChI is InChI=1S/C18H22N4O3/c1-11-8-9-12-6-4-5-7-13(12)22(11)10-14(23)15-16(19)20(2)18(25)21(3)17(15)24/h4-7,11H,8-10,19H2,1-3H3/t11-/m1/s1. The number of aryl methyl sites for hydroxylation is 1. The van der Waals surface area contributed by atoms with E-state index in [9.17, 15) is 14.4 Å². The zero-order valence-corrected chi connectivity index (χ0v) is 14.7. The predicted octanol–water partition coefficient (Wildman–Crippen LogP) is 0.690. The van der Waals surface area contributed by atoms with Crippen molar-refractivity contribution < 1.29 is 4.79 Å². The highest BCUT2D eigenvalue weighted by Gasteiger charge is 2.27. The Hall–Kier alpha value is -2.83. The Kier molecular flexibility index (Phi) is 4.24. The Labute approximate surface area is 145 Å². The molecule has 0 radical (unpaired) electrons. The van der Waals surface area contributed by atoms with E-state index >= 15 is 0 Å². The largest absolute Gasteiger partial charge is 0.384 e. The molecule has 3 rings (SSSR count). The quantitative estimate of drug-likeness (QED) is 0.829. The molecule has 0 saturated heterocycles. The number of rotatable bonds is 3. The molecule has 7 nitrogen and oxygen atoms in total.